The number of hydrogen-bond donors (Lipinski definition) is 1. The van der Waals surface area contributed by atoms with Gasteiger partial charge in [0.1, 0.15) is 16.9 Å². The van der Waals surface area contributed by atoms with Crippen molar-refractivity contribution in [3.63, 3.8) is 0 Å². The monoisotopic (exact) mass is 378 g/mol. The van der Waals surface area contributed by atoms with Gasteiger partial charge in [-0.15, -0.1) is 0 Å². The summed E-state index contributed by atoms with van der Waals surface area (Å²) < 4.78 is 5.24. The molecule has 144 valence electrons. The number of methoxy groups -OCH3 is 1. The van der Waals surface area contributed by atoms with Crippen molar-refractivity contribution in [3.05, 3.63) is 65.7 Å². The summed E-state index contributed by atoms with van der Waals surface area (Å²) in [6, 6.07) is 16.9. The fourth-order valence-corrected chi connectivity index (χ4v) is 4.73. The molecule has 0 aromatic heterocycles. The van der Waals surface area contributed by atoms with E-state index < -0.39 is 29.1 Å². The summed E-state index contributed by atoms with van der Waals surface area (Å²) in [6.07, 6.45) is 0.197. The Labute approximate surface area is 163 Å². The highest BCUT2D eigenvalue weighted by Crippen LogP contribution is 2.58. The number of oxime groups is 1. The van der Waals surface area contributed by atoms with E-state index in [1.54, 1.807) is 7.11 Å². The van der Waals surface area contributed by atoms with Gasteiger partial charge in [0, 0.05) is 24.2 Å². The van der Waals surface area contributed by atoms with Crippen LogP contribution in [0.2, 0.25) is 0 Å². The van der Waals surface area contributed by atoms with Crippen LogP contribution in [0.3, 0.4) is 0 Å². The third-order valence-electron chi connectivity index (χ3n) is 6.12. The third kappa shape index (κ3) is 2.52. The highest BCUT2D eigenvalue weighted by Gasteiger charge is 2.65. The largest absolute Gasteiger partial charge is 0.497 e. The number of nitrogens with two attached hydrogens (primary N) is 1. The number of carbonyl (C=O) groups excluding carboxylic acids is 2. The Morgan fingerprint density at radius 2 is 1.75 bits per heavy atom. The van der Waals surface area contributed by atoms with Crippen molar-refractivity contribution in [2.24, 2.45) is 22.2 Å². The molecular weight excluding hydrogens is 356 g/mol. The van der Waals surface area contributed by atoms with Crippen molar-refractivity contribution in [3.8, 4) is 5.75 Å². The van der Waals surface area contributed by atoms with Gasteiger partial charge in [-0.3, -0.25) is 4.79 Å². The zero-order chi connectivity index (χ0) is 19.9. The van der Waals surface area contributed by atoms with Crippen molar-refractivity contribution in [2.45, 2.75) is 25.2 Å². The summed E-state index contributed by atoms with van der Waals surface area (Å²) in [5, 5.41) is 3.85. The Hall–Kier alpha value is -3.15. The van der Waals surface area contributed by atoms with E-state index in [4.69, 9.17) is 15.3 Å². The van der Waals surface area contributed by atoms with Crippen LogP contribution in [-0.2, 0) is 14.4 Å². The van der Waals surface area contributed by atoms with Crippen LogP contribution in [0.15, 0.2) is 59.8 Å². The van der Waals surface area contributed by atoms with E-state index in [1.165, 1.54) is 0 Å². The molecule has 2 N–H and O–H groups in total. The normalized spacial score (nSPS) is 29.5. The van der Waals surface area contributed by atoms with Gasteiger partial charge < -0.3 is 15.3 Å². The molecule has 1 aliphatic heterocycles. The van der Waals surface area contributed by atoms with Crippen molar-refractivity contribution >= 4 is 17.6 Å². The predicted octanol–water partition coefficient (Wildman–Crippen LogP) is 2.99. The molecule has 1 spiro atoms. The number of ketones is 1. The van der Waals surface area contributed by atoms with E-state index in [1.807, 2.05) is 61.5 Å². The molecule has 4 atom stereocenters. The SMILES string of the molecule is COc1ccc(C2CC(=O)C(C)C(c3ccccc3)C23C(=O)ON=C3N)cc1. The first-order valence-corrected chi connectivity index (χ1v) is 9.27. The van der Waals surface area contributed by atoms with Gasteiger partial charge in [-0.25, -0.2) is 4.79 Å². The summed E-state index contributed by atoms with van der Waals surface area (Å²) in [4.78, 5) is 31.2. The van der Waals surface area contributed by atoms with Crippen LogP contribution in [0.1, 0.15) is 36.3 Å². The van der Waals surface area contributed by atoms with Gasteiger partial charge in [0.05, 0.1) is 7.11 Å². The molecule has 1 saturated carbocycles. The highest BCUT2D eigenvalue weighted by atomic mass is 16.7. The standard InChI is InChI=1S/C22H22N2O4/c1-13-18(25)12-17(14-8-10-16(27-2)11-9-14)22(20(23)24-28-21(22)26)19(13)15-6-4-3-5-7-15/h3-11,13,17,19H,12H2,1-2H3,(H2,23,24). The van der Waals surface area contributed by atoms with E-state index in [-0.39, 0.29) is 18.0 Å². The average Bonchev–Trinajstić information content (AvgIpc) is 3.01. The van der Waals surface area contributed by atoms with Gasteiger partial charge in [-0.1, -0.05) is 54.5 Å². The summed E-state index contributed by atoms with van der Waals surface area (Å²) in [6.45, 7) is 1.85. The van der Waals surface area contributed by atoms with E-state index in [0.717, 1.165) is 11.1 Å². The van der Waals surface area contributed by atoms with E-state index >= 15 is 0 Å². The second kappa shape index (κ2) is 6.78. The molecule has 0 bridgehead atoms. The number of hydrogen-bond acceptors (Lipinski definition) is 6. The van der Waals surface area contributed by atoms with Crippen LogP contribution in [0, 0.1) is 11.3 Å². The van der Waals surface area contributed by atoms with Gasteiger partial charge in [0.25, 0.3) is 0 Å². The molecule has 0 amide bonds. The Bertz CT molecular complexity index is 939. The maximum absolute atomic E-state index is 13.2. The van der Waals surface area contributed by atoms with Gasteiger partial charge in [-0.05, 0) is 23.3 Å². The lowest BCUT2D eigenvalue weighted by Gasteiger charge is -2.46. The molecule has 2 aromatic carbocycles. The minimum atomic E-state index is -1.22. The predicted molar refractivity (Wildman–Crippen MR) is 104 cm³/mol. The van der Waals surface area contributed by atoms with Gasteiger partial charge in [-0.2, -0.15) is 0 Å². The van der Waals surface area contributed by atoms with Crippen LogP contribution in [0.5, 0.6) is 5.75 Å². The first-order valence-electron chi connectivity index (χ1n) is 9.27. The molecule has 2 aromatic rings. The number of amidine groups is 1. The van der Waals surface area contributed by atoms with Crippen LogP contribution in [0.4, 0.5) is 0 Å². The first-order chi connectivity index (χ1) is 13.5. The summed E-state index contributed by atoms with van der Waals surface area (Å²) >= 11 is 0. The van der Waals surface area contributed by atoms with Crippen molar-refractivity contribution in [2.75, 3.05) is 7.11 Å². The molecule has 2 aliphatic rings. The van der Waals surface area contributed by atoms with Crippen molar-refractivity contribution in [1.29, 1.82) is 0 Å². The molecule has 6 heteroatoms. The Kier molecular flexibility index (Phi) is 4.41. The zero-order valence-corrected chi connectivity index (χ0v) is 15.8. The summed E-state index contributed by atoms with van der Waals surface area (Å²) in [5.41, 5.74) is 6.81. The van der Waals surface area contributed by atoms with Gasteiger partial charge in [0.2, 0.25) is 0 Å². The van der Waals surface area contributed by atoms with Gasteiger partial charge >= 0.3 is 5.97 Å². The van der Waals surface area contributed by atoms with Crippen LogP contribution >= 0.6 is 0 Å². The number of benzene rings is 2. The van der Waals surface area contributed by atoms with E-state index in [9.17, 15) is 9.59 Å². The highest BCUT2D eigenvalue weighted by molar-refractivity contribution is 6.11. The Balaban J connectivity index is 1.93. The maximum atomic E-state index is 13.2. The minimum Gasteiger partial charge on any atom is -0.497 e. The third-order valence-corrected chi connectivity index (χ3v) is 6.12. The number of carbonyl (C=O) groups is 2. The lowest BCUT2D eigenvalue weighted by molar-refractivity contribution is -0.153. The molecule has 0 radical (unpaired) electrons. The van der Waals surface area contributed by atoms with E-state index in [2.05, 4.69) is 5.16 Å². The lowest BCUT2D eigenvalue weighted by atomic mass is 9.52. The quantitative estimate of drug-likeness (QED) is 0.829. The summed E-state index contributed by atoms with van der Waals surface area (Å²) in [5.74, 6) is -0.898. The Morgan fingerprint density at radius 3 is 2.32 bits per heavy atom. The Morgan fingerprint density at radius 1 is 1.07 bits per heavy atom. The second-order valence-corrected chi connectivity index (χ2v) is 7.40. The minimum absolute atomic E-state index is 0.0906. The first kappa shape index (κ1) is 18.2. The summed E-state index contributed by atoms with van der Waals surface area (Å²) in [7, 11) is 1.59. The second-order valence-electron chi connectivity index (χ2n) is 7.40. The number of rotatable bonds is 3. The topological polar surface area (TPSA) is 91.0 Å². The molecule has 4 unspecified atom stereocenters. The molecular formula is C22H22N2O4. The lowest BCUT2D eigenvalue weighted by Crippen LogP contribution is -2.55. The van der Waals surface area contributed by atoms with Crippen molar-refractivity contribution < 1.29 is 19.2 Å². The van der Waals surface area contributed by atoms with Crippen molar-refractivity contribution in [1.82, 2.24) is 0 Å². The average molecular weight is 378 g/mol. The molecule has 1 aliphatic carbocycles. The molecule has 28 heavy (non-hydrogen) atoms. The zero-order valence-electron chi connectivity index (χ0n) is 15.8. The molecule has 6 nitrogen and oxygen atoms in total. The van der Waals surface area contributed by atoms with Crippen LogP contribution in [-0.4, -0.2) is 24.7 Å². The molecule has 0 saturated heterocycles. The fourth-order valence-electron chi connectivity index (χ4n) is 4.73. The van der Waals surface area contributed by atoms with E-state index in [0.29, 0.717) is 5.75 Å². The van der Waals surface area contributed by atoms with Crippen LogP contribution < -0.4 is 10.5 Å². The van der Waals surface area contributed by atoms with Gasteiger partial charge in [0.15, 0.2) is 5.84 Å². The fraction of sp³-hybridized carbons (Fsp3) is 0.318. The molecule has 1 heterocycles. The number of Topliss-reactive ketones (excluding diaryl/α,β-unsaturated/α-hetero) is 1. The molecule has 4 rings (SSSR count). The van der Waals surface area contributed by atoms with Crippen LogP contribution in [0.25, 0.3) is 0 Å². The number of ether oxygens (including phenoxy) is 1. The number of nitrogens with zero attached hydrogens (tertiary/aromatic N) is 1. The smallest absolute Gasteiger partial charge is 0.350 e. The maximum Gasteiger partial charge on any atom is 0.350 e. The molecule has 1 fully saturated rings.